The summed E-state index contributed by atoms with van der Waals surface area (Å²) in [7, 11) is 0. The van der Waals surface area contributed by atoms with Crippen LogP contribution in [0.4, 0.5) is 11.4 Å². The van der Waals surface area contributed by atoms with Crippen molar-refractivity contribution in [2.24, 2.45) is 0 Å². The zero-order valence-electron chi connectivity index (χ0n) is 16.7. The highest BCUT2D eigenvalue weighted by Gasteiger charge is 2.21. The molecule has 2 aromatic carbocycles. The maximum atomic E-state index is 12.5. The highest BCUT2D eigenvalue weighted by molar-refractivity contribution is 7.99. The molecule has 4 rings (SSSR count). The van der Waals surface area contributed by atoms with Crippen LogP contribution in [-0.4, -0.2) is 31.3 Å². The normalized spacial score (nSPS) is 10.8. The van der Waals surface area contributed by atoms with Gasteiger partial charge in [-0.2, -0.15) is 0 Å². The Bertz CT molecular complexity index is 1290. The third-order valence-corrected chi connectivity index (χ3v) is 5.67. The number of thioether (sulfide) groups is 1. The summed E-state index contributed by atoms with van der Waals surface area (Å²) in [4.78, 5) is 23.2. The maximum Gasteiger partial charge on any atom is 0.294 e. The summed E-state index contributed by atoms with van der Waals surface area (Å²) in [5, 5.41) is 23.1. The number of rotatable bonds is 7. The monoisotopic (exact) mass is 469 g/mol. The summed E-state index contributed by atoms with van der Waals surface area (Å²) in [6.45, 7) is 1.83. The van der Waals surface area contributed by atoms with Crippen LogP contribution in [0.15, 0.2) is 70.4 Å². The van der Waals surface area contributed by atoms with E-state index >= 15 is 0 Å². The number of para-hydroxylation sites is 1. The van der Waals surface area contributed by atoms with Crippen LogP contribution in [0, 0.1) is 17.0 Å². The SMILES string of the molecule is Cc1occc1-c1nnc(SCC(=O)Nc2ccc(Cl)cc2[N+](=O)[O-])n1-c1ccccc1. The molecule has 0 spiro atoms. The number of aryl methyl sites for hydroxylation is 1. The van der Waals surface area contributed by atoms with E-state index in [9.17, 15) is 14.9 Å². The Morgan fingerprint density at radius 2 is 2.00 bits per heavy atom. The van der Waals surface area contributed by atoms with Gasteiger partial charge in [-0.05, 0) is 37.3 Å². The average Bonchev–Trinajstić information content (AvgIpc) is 3.39. The third-order valence-electron chi connectivity index (χ3n) is 4.51. The summed E-state index contributed by atoms with van der Waals surface area (Å²) in [6, 6.07) is 15.4. The lowest BCUT2D eigenvalue weighted by molar-refractivity contribution is -0.383. The summed E-state index contributed by atoms with van der Waals surface area (Å²) in [5.41, 5.74) is 1.41. The van der Waals surface area contributed by atoms with Crippen molar-refractivity contribution in [2.45, 2.75) is 12.1 Å². The molecule has 4 aromatic rings. The number of aromatic nitrogens is 3. The fourth-order valence-electron chi connectivity index (χ4n) is 3.04. The number of halogens is 1. The van der Waals surface area contributed by atoms with E-state index in [1.54, 1.807) is 12.3 Å². The van der Waals surface area contributed by atoms with Crippen LogP contribution in [0.25, 0.3) is 17.1 Å². The minimum atomic E-state index is -0.597. The molecule has 0 aliphatic carbocycles. The maximum absolute atomic E-state index is 12.5. The fourth-order valence-corrected chi connectivity index (χ4v) is 3.96. The number of carbonyl (C=O) groups excluding carboxylic acids is 1. The zero-order chi connectivity index (χ0) is 22.7. The molecule has 0 radical (unpaired) electrons. The number of furan rings is 1. The van der Waals surface area contributed by atoms with Gasteiger partial charge < -0.3 is 9.73 Å². The number of hydrogen-bond donors (Lipinski definition) is 1. The summed E-state index contributed by atoms with van der Waals surface area (Å²) in [5.74, 6) is 0.816. The molecule has 9 nitrogen and oxygen atoms in total. The number of nitrogens with one attached hydrogen (secondary N) is 1. The van der Waals surface area contributed by atoms with Crippen LogP contribution in [-0.2, 0) is 4.79 Å². The highest BCUT2D eigenvalue weighted by atomic mass is 35.5. The highest BCUT2D eigenvalue weighted by Crippen LogP contribution is 2.31. The van der Waals surface area contributed by atoms with Gasteiger partial charge in [-0.15, -0.1) is 10.2 Å². The van der Waals surface area contributed by atoms with Crippen LogP contribution < -0.4 is 5.32 Å². The molecule has 2 heterocycles. The summed E-state index contributed by atoms with van der Waals surface area (Å²) >= 11 is 6.99. The van der Waals surface area contributed by atoms with Crippen molar-refractivity contribution in [3.8, 4) is 17.1 Å². The number of anilines is 1. The molecule has 11 heteroatoms. The molecule has 32 heavy (non-hydrogen) atoms. The molecule has 0 atom stereocenters. The van der Waals surface area contributed by atoms with Gasteiger partial charge in [0.05, 0.1) is 22.5 Å². The van der Waals surface area contributed by atoms with Crippen LogP contribution in [0.1, 0.15) is 5.76 Å². The Kier molecular flexibility index (Phi) is 6.24. The number of amides is 1. The molecular weight excluding hydrogens is 454 g/mol. The summed E-state index contributed by atoms with van der Waals surface area (Å²) in [6.07, 6.45) is 1.58. The van der Waals surface area contributed by atoms with Crippen molar-refractivity contribution >= 4 is 40.6 Å². The Labute approximate surface area is 191 Å². The van der Waals surface area contributed by atoms with E-state index in [0.717, 1.165) is 23.0 Å². The second kappa shape index (κ2) is 9.25. The van der Waals surface area contributed by atoms with Gasteiger partial charge in [0.15, 0.2) is 11.0 Å². The van der Waals surface area contributed by atoms with Gasteiger partial charge in [0.25, 0.3) is 5.69 Å². The topological polar surface area (TPSA) is 116 Å². The Hall–Kier alpha value is -3.63. The minimum Gasteiger partial charge on any atom is -0.469 e. The molecular formula is C21H16ClN5O4S. The van der Waals surface area contributed by atoms with Crippen LogP contribution in [0.5, 0.6) is 0 Å². The number of nitrogens with zero attached hydrogens (tertiary/aromatic N) is 4. The molecule has 0 fully saturated rings. The van der Waals surface area contributed by atoms with Crippen molar-refractivity contribution in [1.82, 2.24) is 14.8 Å². The Morgan fingerprint density at radius 1 is 1.22 bits per heavy atom. The van der Waals surface area contributed by atoms with Crippen LogP contribution in [0.2, 0.25) is 5.02 Å². The number of carbonyl (C=O) groups is 1. The molecule has 0 aliphatic rings. The molecule has 0 bridgehead atoms. The molecule has 162 valence electrons. The van der Waals surface area contributed by atoms with Crippen molar-refractivity contribution in [2.75, 3.05) is 11.1 Å². The average molecular weight is 470 g/mol. The molecule has 0 unspecified atom stereocenters. The first-order valence-corrected chi connectivity index (χ1v) is 10.7. The largest absolute Gasteiger partial charge is 0.469 e. The first-order chi connectivity index (χ1) is 15.4. The van der Waals surface area contributed by atoms with Crippen molar-refractivity contribution < 1.29 is 14.1 Å². The lowest BCUT2D eigenvalue weighted by Crippen LogP contribution is -2.15. The fraction of sp³-hybridized carbons (Fsp3) is 0.0952. The van der Waals surface area contributed by atoms with Gasteiger partial charge in [0.1, 0.15) is 11.4 Å². The molecule has 1 N–H and O–H groups in total. The standard InChI is InChI=1S/C21H16ClN5O4S/c1-13-16(9-10-31-13)20-24-25-21(26(20)15-5-3-2-4-6-15)32-12-19(28)23-17-8-7-14(22)11-18(17)27(29)30/h2-11H,12H2,1H3,(H,23,28). The Morgan fingerprint density at radius 3 is 2.69 bits per heavy atom. The van der Waals surface area contributed by atoms with E-state index < -0.39 is 10.8 Å². The van der Waals surface area contributed by atoms with Crippen molar-refractivity contribution in [1.29, 1.82) is 0 Å². The quantitative estimate of drug-likeness (QED) is 0.226. The first kappa shape index (κ1) is 21.6. The van der Waals surface area contributed by atoms with Crippen molar-refractivity contribution in [3.05, 3.63) is 81.8 Å². The number of hydrogen-bond acceptors (Lipinski definition) is 7. The third kappa shape index (κ3) is 4.51. The van der Waals surface area contributed by atoms with Crippen LogP contribution in [0.3, 0.4) is 0 Å². The minimum absolute atomic E-state index is 0.0326. The lowest BCUT2D eigenvalue weighted by atomic mass is 10.2. The first-order valence-electron chi connectivity index (χ1n) is 9.36. The summed E-state index contributed by atoms with van der Waals surface area (Å²) < 4.78 is 7.24. The van der Waals surface area contributed by atoms with Crippen molar-refractivity contribution in [3.63, 3.8) is 0 Å². The molecule has 0 saturated carbocycles. The van der Waals surface area contributed by atoms with Crippen LogP contribution >= 0.6 is 23.4 Å². The van der Waals surface area contributed by atoms with Gasteiger partial charge >= 0.3 is 0 Å². The van der Waals surface area contributed by atoms with E-state index in [2.05, 4.69) is 15.5 Å². The predicted octanol–water partition coefficient (Wildman–Crippen LogP) is 5.13. The van der Waals surface area contributed by atoms with Gasteiger partial charge in [-0.1, -0.05) is 41.6 Å². The van der Waals surface area contributed by atoms with Gasteiger partial charge in [-0.25, -0.2) is 0 Å². The predicted molar refractivity (Wildman–Crippen MR) is 121 cm³/mol. The molecule has 0 aliphatic heterocycles. The second-order valence-corrected chi connectivity index (χ2v) is 8.00. The number of nitro benzene ring substituents is 1. The second-order valence-electron chi connectivity index (χ2n) is 6.62. The molecule has 1 amide bonds. The van der Waals surface area contributed by atoms with Gasteiger partial charge in [-0.3, -0.25) is 19.5 Å². The van der Waals surface area contributed by atoms with E-state index in [4.69, 9.17) is 16.0 Å². The van der Waals surface area contributed by atoms with Gasteiger partial charge in [0, 0.05) is 16.8 Å². The van der Waals surface area contributed by atoms with E-state index in [0.29, 0.717) is 16.7 Å². The van der Waals surface area contributed by atoms with E-state index in [1.165, 1.54) is 18.2 Å². The number of benzene rings is 2. The molecule has 0 saturated heterocycles. The van der Waals surface area contributed by atoms with E-state index in [1.807, 2.05) is 41.8 Å². The van der Waals surface area contributed by atoms with E-state index in [-0.39, 0.29) is 22.2 Å². The number of nitro groups is 1. The molecule has 2 aromatic heterocycles. The smallest absolute Gasteiger partial charge is 0.294 e. The van der Waals surface area contributed by atoms with Gasteiger partial charge in [0.2, 0.25) is 5.91 Å². The Balaban J connectivity index is 1.58. The zero-order valence-corrected chi connectivity index (χ0v) is 18.3. The lowest BCUT2D eigenvalue weighted by Gasteiger charge is -2.10.